The minimum atomic E-state index is -0.135. The molecule has 14 heavy (non-hydrogen) atoms. The first-order valence-corrected chi connectivity index (χ1v) is 5.18. The van der Waals surface area contributed by atoms with Gasteiger partial charge in [-0.3, -0.25) is 0 Å². The lowest BCUT2D eigenvalue weighted by Gasteiger charge is -2.34. The van der Waals surface area contributed by atoms with E-state index >= 15 is 0 Å². The van der Waals surface area contributed by atoms with Crippen molar-refractivity contribution < 1.29 is 4.39 Å². The molecule has 1 N–H and O–H groups in total. The summed E-state index contributed by atoms with van der Waals surface area (Å²) in [6.07, 6.45) is 2.32. The Morgan fingerprint density at radius 2 is 2.07 bits per heavy atom. The van der Waals surface area contributed by atoms with Gasteiger partial charge >= 0.3 is 0 Å². The molecule has 1 nitrogen and oxygen atoms in total. The van der Waals surface area contributed by atoms with Crippen molar-refractivity contribution in [3.05, 3.63) is 29.6 Å². The maximum Gasteiger partial charge on any atom is 0.146 e. The maximum atomic E-state index is 13.4. The van der Waals surface area contributed by atoms with Crippen molar-refractivity contribution in [2.75, 3.05) is 5.32 Å². The van der Waals surface area contributed by atoms with Gasteiger partial charge in [-0.25, -0.2) is 4.39 Å². The van der Waals surface area contributed by atoms with Crippen LogP contribution >= 0.6 is 0 Å². The molecule has 0 spiro atoms. The minimum Gasteiger partial charge on any atom is -0.380 e. The Hall–Kier alpha value is -1.05. The lowest BCUT2D eigenvalue weighted by atomic mass is 9.81. The highest BCUT2D eigenvalue weighted by Crippen LogP contribution is 2.31. The molecule has 1 aliphatic carbocycles. The van der Waals surface area contributed by atoms with Crippen molar-refractivity contribution in [2.45, 2.75) is 32.7 Å². The van der Waals surface area contributed by atoms with E-state index in [9.17, 15) is 4.39 Å². The van der Waals surface area contributed by atoms with Crippen molar-refractivity contribution in [3.63, 3.8) is 0 Å². The molecule has 0 unspecified atom stereocenters. The van der Waals surface area contributed by atoms with Crippen LogP contribution in [0.4, 0.5) is 10.1 Å². The standard InChI is InChI=1S/C12H16FN/c1-8-6-10(7-8)14-12-9(2)4-3-5-11(12)13/h3-5,8,10,14H,6-7H2,1-2H3. The van der Waals surface area contributed by atoms with E-state index in [0.717, 1.165) is 24.3 Å². The van der Waals surface area contributed by atoms with Crippen molar-refractivity contribution in [2.24, 2.45) is 5.92 Å². The summed E-state index contributed by atoms with van der Waals surface area (Å²) in [7, 11) is 0. The van der Waals surface area contributed by atoms with E-state index in [4.69, 9.17) is 0 Å². The highest BCUT2D eigenvalue weighted by Gasteiger charge is 2.25. The molecule has 1 aromatic rings. The fourth-order valence-corrected chi connectivity index (χ4v) is 2.04. The minimum absolute atomic E-state index is 0.135. The second kappa shape index (κ2) is 3.60. The second-order valence-electron chi connectivity index (χ2n) is 4.35. The Balaban J connectivity index is 2.09. The van der Waals surface area contributed by atoms with Gasteiger partial charge < -0.3 is 5.32 Å². The summed E-state index contributed by atoms with van der Waals surface area (Å²) in [5, 5.41) is 3.27. The average Bonchev–Trinajstić information content (AvgIpc) is 2.08. The van der Waals surface area contributed by atoms with Crippen LogP contribution in [0, 0.1) is 18.7 Å². The van der Waals surface area contributed by atoms with Crippen LogP contribution in [0.25, 0.3) is 0 Å². The summed E-state index contributed by atoms with van der Waals surface area (Å²) >= 11 is 0. The Kier molecular flexibility index (Phi) is 2.44. The van der Waals surface area contributed by atoms with E-state index in [1.165, 1.54) is 6.07 Å². The van der Waals surface area contributed by atoms with E-state index in [2.05, 4.69) is 12.2 Å². The summed E-state index contributed by atoms with van der Waals surface area (Å²) in [6.45, 7) is 4.17. The fourth-order valence-electron chi connectivity index (χ4n) is 2.04. The summed E-state index contributed by atoms with van der Waals surface area (Å²) < 4.78 is 13.4. The van der Waals surface area contributed by atoms with Crippen LogP contribution in [-0.4, -0.2) is 6.04 Å². The highest BCUT2D eigenvalue weighted by molar-refractivity contribution is 5.52. The number of hydrogen-bond donors (Lipinski definition) is 1. The molecule has 0 saturated heterocycles. The second-order valence-corrected chi connectivity index (χ2v) is 4.35. The molecule has 1 saturated carbocycles. The van der Waals surface area contributed by atoms with E-state index < -0.39 is 0 Å². The van der Waals surface area contributed by atoms with Gasteiger partial charge in [0.1, 0.15) is 5.82 Å². The lowest BCUT2D eigenvalue weighted by Crippen LogP contribution is -2.34. The third-order valence-electron chi connectivity index (χ3n) is 2.94. The molecule has 1 aromatic carbocycles. The number of hydrogen-bond acceptors (Lipinski definition) is 1. The smallest absolute Gasteiger partial charge is 0.146 e. The van der Waals surface area contributed by atoms with Crippen molar-refractivity contribution >= 4 is 5.69 Å². The molecular formula is C12H16FN. The first kappa shape index (κ1) is 9.50. The van der Waals surface area contributed by atoms with Gasteiger partial charge in [-0.05, 0) is 37.3 Å². The zero-order chi connectivity index (χ0) is 10.1. The molecule has 76 valence electrons. The molecule has 1 fully saturated rings. The van der Waals surface area contributed by atoms with E-state index in [-0.39, 0.29) is 5.82 Å². The molecule has 0 radical (unpaired) electrons. The zero-order valence-electron chi connectivity index (χ0n) is 8.68. The Bertz CT molecular complexity index is 309. The predicted molar refractivity (Wildman–Crippen MR) is 56.9 cm³/mol. The van der Waals surface area contributed by atoms with Gasteiger partial charge in [0.25, 0.3) is 0 Å². The van der Waals surface area contributed by atoms with E-state index in [1.54, 1.807) is 6.07 Å². The molecular weight excluding hydrogens is 177 g/mol. The number of rotatable bonds is 2. The largest absolute Gasteiger partial charge is 0.380 e. The Morgan fingerprint density at radius 3 is 2.64 bits per heavy atom. The van der Waals surface area contributed by atoms with Gasteiger partial charge in [0, 0.05) is 6.04 Å². The maximum absolute atomic E-state index is 13.4. The first-order valence-electron chi connectivity index (χ1n) is 5.18. The van der Waals surface area contributed by atoms with Crippen LogP contribution in [0.15, 0.2) is 18.2 Å². The SMILES string of the molecule is Cc1cccc(F)c1NC1CC(C)C1. The highest BCUT2D eigenvalue weighted by atomic mass is 19.1. The van der Waals surface area contributed by atoms with Crippen LogP contribution in [-0.2, 0) is 0 Å². The van der Waals surface area contributed by atoms with Crippen LogP contribution in [0.3, 0.4) is 0 Å². The zero-order valence-corrected chi connectivity index (χ0v) is 8.68. The van der Waals surface area contributed by atoms with E-state index in [1.807, 2.05) is 13.0 Å². The molecule has 2 rings (SSSR count). The normalized spacial score (nSPS) is 25.6. The third kappa shape index (κ3) is 1.74. The molecule has 1 aliphatic rings. The van der Waals surface area contributed by atoms with Gasteiger partial charge in [-0.1, -0.05) is 19.1 Å². The number of aryl methyl sites for hydroxylation is 1. The summed E-state index contributed by atoms with van der Waals surface area (Å²) in [5.74, 6) is 0.657. The van der Waals surface area contributed by atoms with Gasteiger partial charge in [-0.2, -0.15) is 0 Å². The van der Waals surface area contributed by atoms with Crippen molar-refractivity contribution in [1.29, 1.82) is 0 Å². The van der Waals surface area contributed by atoms with Crippen molar-refractivity contribution in [1.82, 2.24) is 0 Å². The number of halogens is 1. The number of benzene rings is 1. The number of anilines is 1. The molecule has 0 heterocycles. The van der Waals surface area contributed by atoms with Gasteiger partial charge in [-0.15, -0.1) is 0 Å². The van der Waals surface area contributed by atoms with E-state index in [0.29, 0.717) is 11.7 Å². The molecule has 0 aliphatic heterocycles. The van der Waals surface area contributed by atoms with Crippen LogP contribution < -0.4 is 5.32 Å². The van der Waals surface area contributed by atoms with Crippen LogP contribution in [0.2, 0.25) is 0 Å². The van der Waals surface area contributed by atoms with Gasteiger partial charge in [0.2, 0.25) is 0 Å². The Morgan fingerprint density at radius 1 is 1.36 bits per heavy atom. The summed E-state index contributed by atoms with van der Waals surface area (Å²) in [5.41, 5.74) is 1.67. The van der Waals surface area contributed by atoms with Crippen LogP contribution in [0.1, 0.15) is 25.3 Å². The predicted octanol–water partition coefficient (Wildman–Crippen LogP) is 3.34. The molecule has 0 amide bonds. The third-order valence-corrected chi connectivity index (χ3v) is 2.94. The molecule has 0 aromatic heterocycles. The van der Waals surface area contributed by atoms with Gasteiger partial charge in [0.15, 0.2) is 0 Å². The van der Waals surface area contributed by atoms with Crippen LogP contribution in [0.5, 0.6) is 0 Å². The Labute approximate surface area is 84.3 Å². The first-order chi connectivity index (χ1) is 6.66. The van der Waals surface area contributed by atoms with Crippen molar-refractivity contribution in [3.8, 4) is 0 Å². The topological polar surface area (TPSA) is 12.0 Å². The fraction of sp³-hybridized carbons (Fsp3) is 0.500. The number of nitrogens with one attached hydrogen (secondary N) is 1. The molecule has 2 heteroatoms. The quantitative estimate of drug-likeness (QED) is 0.759. The molecule has 0 atom stereocenters. The molecule has 0 bridgehead atoms. The number of para-hydroxylation sites is 1. The summed E-state index contributed by atoms with van der Waals surface area (Å²) in [4.78, 5) is 0. The summed E-state index contributed by atoms with van der Waals surface area (Å²) in [6, 6.07) is 5.67. The average molecular weight is 193 g/mol. The monoisotopic (exact) mass is 193 g/mol. The lowest BCUT2D eigenvalue weighted by molar-refractivity contribution is 0.308. The van der Waals surface area contributed by atoms with Gasteiger partial charge in [0.05, 0.1) is 5.69 Å².